The molecule has 1 unspecified atom stereocenters. The van der Waals surface area contributed by atoms with Crippen LogP contribution < -0.4 is 0 Å². The largest absolute Gasteiger partial charge is 0.481 e. The fraction of sp³-hybridized carbons (Fsp3) is 0.900. The van der Waals surface area contributed by atoms with Gasteiger partial charge in [0.05, 0.1) is 12.2 Å². The Bertz CT molecular complexity index is 239. The van der Waals surface area contributed by atoms with Crippen molar-refractivity contribution in [2.24, 2.45) is 5.41 Å². The van der Waals surface area contributed by atoms with Gasteiger partial charge in [0, 0.05) is 6.61 Å². The molecule has 14 heavy (non-hydrogen) atoms. The third-order valence-corrected chi connectivity index (χ3v) is 3.72. The van der Waals surface area contributed by atoms with Gasteiger partial charge < -0.3 is 14.9 Å². The molecule has 2 rings (SSSR count). The van der Waals surface area contributed by atoms with Crippen molar-refractivity contribution >= 4 is 5.97 Å². The maximum absolute atomic E-state index is 11.3. The van der Waals surface area contributed by atoms with Crippen molar-refractivity contribution in [2.45, 2.75) is 37.7 Å². The van der Waals surface area contributed by atoms with Gasteiger partial charge in [-0.2, -0.15) is 0 Å². The first-order valence-corrected chi connectivity index (χ1v) is 5.14. The molecule has 0 bridgehead atoms. The van der Waals surface area contributed by atoms with Crippen molar-refractivity contribution in [3.8, 4) is 0 Å². The van der Waals surface area contributed by atoms with E-state index in [1.807, 2.05) is 0 Å². The Balaban J connectivity index is 2.24. The highest BCUT2D eigenvalue weighted by molar-refractivity contribution is 5.77. The molecule has 0 aromatic carbocycles. The molecule has 2 aliphatic rings. The molecule has 1 atom stereocenters. The number of carboxylic acids is 1. The molecule has 0 aromatic heterocycles. The van der Waals surface area contributed by atoms with Crippen LogP contribution in [0.5, 0.6) is 0 Å². The summed E-state index contributed by atoms with van der Waals surface area (Å²) in [6.45, 7) is 0.782. The number of carboxylic acid groups (broad SMARTS) is 1. The summed E-state index contributed by atoms with van der Waals surface area (Å²) in [5.74, 6) is -0.903. The molecule has 2 fully saturated rings. The highest BCUT2D eigenvalue weighted by atomic mass is 16.5. The Morgan fingerprint density at radius 1 is 1.21 bits per heavy atom. The lowest BCUT2D eigenvalue weighted by Gasteiger charge is -2.51. The van der Waals surface area contributed by atoms with Crippen molar-refractivity contribution in [1.82, 2.24) is 0 Å². The van der Waals surface area contributed by atoms with E-state index in [0.29, 0.717) is 25.9 Å². The third kappa shape index (κ3) is 1.17. The van der Waals surface area contributed by atoms with Crippen LogP contribution in [-0.4, -0.2) is 35.0 Å². The SMILES string of the molecule is O=C(O)C1(C2(O)CCC2)CCCOC1. The number of hydrogen-bond acceptors (Lipinski definition) is 3. The Hall–Kier alpha value is -0.610. The van der Waals surface area contributed by atoms with Crippen LogP contribution in [0.25, 0.3) is 0 Å². The zero-order valence-electron chi connectivity index (χ0n) is 8.16. The Labute approximate surface area is 82.9 Å². The van der Waals surface area contributed by atoms with Crippen LogP contribution in [0.2, 0.25) is 0 Å². The fourth-order valence-corrected chi connectivity index (χ4v) is 2.52. The van der Waals surface area contributed by atoms with Crippen LogP contribution in [0.15, 0.2) is 0 Å². The second kappa shape index (κ2) is 3.21. The highest BCUT2D eigenvalue weighted by Crippen LogP contribution is 2.50. The van der Waals surface area contributed by atoms with Crippen molar-refractivity contribution < 1.29 is 19.7 Å². The Kier molecular flexibility index (Phi) is 2.27. The van der Waals surface area contributed by atoms with Gasteiger partial charge in [-0.15, -0.1) is 0 Å². The second-order valence-corrected chi connectivity index (χ2v) is 4.43. The Morgan fingerprint density at radius 3 is 2.29 bits per heavy atom. The maximum atomic E-state index is 11.3. The van der Waals surface area contributed by atoms with Crippen molar-refractivity contribution in [2.75, 3.05) is 13.2 Å². The first kappa shape index (κ1) is 9.93. The number of ether oxygens (including phenoxy) is 1. The Morgan fingerprint density at radius 2 is 1.93 bits per heavy atom. The van der Waals surface area contributed by atoms with E-state index >= 15 is 0 Å². The predicted molar refractivity (Wildman–Crippen MR) is 48.9 cm³/mol. The zero-order valence-corrected chi connectivity index (χ0v) is 8.16. The van der Waals surface area contributed by atoms with Crippen LogP contribution in [0.3, 0.4) is 0 Å². The third-order valence-electron chi connectivity index (χ3n) is 3.72. The van der Waals surface area contributed by atoms with E-state index in [1.165, 1.54) is 0 Å². The van der Waals surface area contributed by atoms with Gasteiger partial charge in [0.25, 0.3) is 0 Å². The van der Waals surface area contributed by atoms with E-state index < -0.39 is 17.0 Å². The minimum absolute atomic E-state index is 0.166. The highest BCUT2D eigenvalue weighted by Gasteiger charge is 2.59. The summed E-state index contributed by atoms with van der Waals surface area (Å²) in [5, 5.41) is 19.4. The molecule has 2 N–H and O–H groups in total. The number of rotatable bonds is 2. The van der Waals surface area contributed by atoms with Crippen LogP contribution in [0.4, 0.5) is 0 Å². The van der Waals surface area contributed by atoms with Gasteiger partial charge >= 0.3 is 5.97 Å². The summed E-state index contributed by atoms with van der Waals surface area (Å²) in [5.41, 5.74) is -2.05. The molecule has 1 heterocycles. The molecule has 1 saturated carbocycles. The quantitative estimate of drug-likeness (QED) is 0.691. The van der Waals surface area contributed by atoms with Crippen molar-refractivity contribution in [3.05, 3.63) is 0 Å². The number of aliphatic carboxylic acids is 1. The first-order valence-electron chi connectivity index (χ1n) is 5.14. The monoisotopic (exact) mass is 200 g/mol. The van der Waals surface area contributed by atoms with Crippen molar-refractivity contribution in [1.29, 1.82) is 0 Å². The molecule has 1 aliphatic carbocycles. The van der Waals surface area contributed by atoms with Gasteiger partial charge in [-0.1, -0.05) is 0 Å². The van der Waals surface area contributed by atoms with Gasteiger partial charge in [0.1, 0.15) is 5.41 Å². The normalized spacial score (nSPS) is 36.1. The lowest BCUT2D eigenvalue weighted by Crippen LogP contribution is -2.60. The summed E-state index contributed by atoms with van der Waals surface area (Å²) >= 11 is 0. The van der Waals surface area contributed by atoms with Gasteiger partial charge in [0.2, 0.25) is 0 Å². The van der Waals surface area contributed by atoms with E-state index in [1.54, 1.807) is 0 Å². The van der Waals surface area contributed by atoms with Gasteiger partial charge in [0.15, 0.2) is 0 Å². The van der Waals surface area contributed by atoms with Crippen LogP contribution in [0, 0.1) is 5.41 Å². The molecule has 4 heteroatoms. The van der Waals surface area contributed by atoms with Gasteiger partial charge in [-0.3, -0.25) is 4.79 Å². The van der Waals surface area contributed by atoms with Gasteiger partial charge in [-0.05, 0) is 32.1 Å². The number of hydrogen-bond donors (Lipinski definition) is 2. The minimum atomic E-state index is -1.04. The molecule has 0 spiro atoms. The summed E-state index contributed by atoms with van der Waals surface area (Å²) in [4.78, 5) is 11.3. The lowest BCUT2D eigenvalue weighted by molar-refractivity contribution is -0.207. The lowest BCUT2D eigenvalue weighted by atomic mass is 9.59. The van der Waals surface area contributed by atoms with Crippen LogP contribution in [-0.2, 0) is 9.53 Å². The second-order valence-electron chi connectivity index (χ2n) is 4.43. The van der Waals surface area contributed by atoms with Gasteiger partial charge in [-0.25, -0.2) is 0 Å². The van der Waals surface area contributed by atoms with E-state index in [4.69, 9.17) is 4.74 Å². The number of aliphatic hydroxyl groups is 1. The van der Waals surface area contributed by atoms with Crippen molar-refractivity contribution in [3.63, 3.8) is 0 Å². The first-order chi connectivity index (χ1) is 6.61. The maximum Gasteiger partial charge on any atom is 0.314 e. The van der Waals surface area contributed by atoms with E-state index in [-0.39, 0.29) is 6.61 Å². The van der Waals surface area contributed by atoms with E-state index in [9.17, 15) is 15.0 Å². The summed E-state index contributed by atoms with van der Waals surface area (Å²) < 4.78 is 5.23. The molecule has 1 aliphatic heterocycles. The smallest absolute Gasteiger partial charge is 0.314 e. The average Bonchev–Trinajstić information content (AvgIpc) is 2.15. The predicted octanol–water partition coefficient (Wildman–Crippen LogP) is 0.783. The van der Waals surface area contributed by atoms with E-state index in [2.05, 4.69) is 0 Å². The standard InChI is InChI=1S/C10H16O4/c11-8(12)9(3-2-6-14-7-9)10(13)4-1-5-10/h13H,1-7H2,(H,11,12). The molecular formula is C10H16O4. The van der Waals surface area contributed by atoms with E-state index in [0.717, 1.165) is 12.8 Å². The molecule has 0 amide bonds. The molecule has 4 nitrogen and oxygen atoms in total. The summed E-state index contributed by atoms with van der Waals surface area (Å²) in [7, 11) is 0. The average molecular weight is 200 g/mol. The van der Waals surface area contributed by atoms with Crippen LogP contribution >= 0.6 is 0 Å². The topological polar surface area (TPSA) is 66.8 Å². The molecular weight excluding hydrogens is 184 g/mol. The fourth-order valence-electron chi connectivity index (χ4n) is 2.52. The summed E-state index contributed by atoms with van der Waals surface area (Å²) in [6, 6.07) is 0. The molecule has 1 saturated heterocycles. The molecule has 0 radical (unpaired) electrons. The minimum Gasteiger partial charge on any atom is -0.481 e. The number of carbonyl (C=O) groups is 1. The summed E-state index contributed by atoms with van der Waals surface area (Å²) in [6.07, 6.45) is 3.39. The van der Waals surface area contributed by atoms with Crippen LogP contribution in [0.1, 0.15) is 32.1 Å². The molecule has 80 valence electrons. The zero-order chi connectivity index (χ0) is 10.2. The molecule has 0 aromatic rings.